The van der Waals surface area contributed by atoms with Crippen molar-refractivity contribution in [1.82, 2.24) is 19.6 Å². The van der Waals surface area contributed by atoms with E-state index in [-0.39, 0.29) is 169 Å². The van der Waals surface area contributed by atoms with Gasteiger partial charge >= 0.3 is 0 Å². The lowest BCUT2D eigenvalue weighted by Crippen LogP contribution is -2.32. The lowest BCUT2D eigenvalue weighted by atomic mass is 9.73. The van der Waals surface area contributed by atoms with E-state index < -0.39 is 23.7 Å². The van der Waals surface area contributed by atoms with E-state index in [4.69, 9.17) is 0 Å². The number of phenols is 8. The molecule has 16 nitrogen and oxygen atoms in total. The molecule has 4 heterocycles. The Morgan fingerprint density at radius 1 is 0.310 bits per heavy atom. The van der Waals surface area contributed by atoms with E-state index in [0.29, 0.717) is 96.4 Å². The van der Waals surface area contributed by atoms with Crippen LogP contribution < -0.4 is 0 Å². The third-order valence-corrected chi connectivity index (χ3v) is 19.8. The number of nitrogens with zero attached hydrogens (tertiary/aromatic N) is 4. The summed E-state index contributed by atoms with van der Waals surface area (Å²) in [6.07, 6.45) is 7.63. The number of phenolic OH excluding ortho intramolecular Hbond substituents is 8. The predicted octanol–water partition coefficient (Wildman–Crippen LogP) is 10.2. The van der Waals surface area contributed by atoms with Crippen molar-refractivity contribution in [1.29, 1.82) is 0 Å². The SMILES string of the molecule is CC(C)CC1c2cc(c(O)c(CN3CCCC3CO)c2O)C(CC(C)C)c2cc(c(O)c(CN3CCCC3CO)c2O)C(CC(C)C)c2cc(c(O)c(CN3CCCC3CO)c2O)C(CC(C)C)c2cc1c(O)c(CN1CCCC1CO)c2O. The van der Waals surface area contributed by atoms with Crippen LogP contribution in [0, 0.1) is 23.7 Å². The molecule has 12 N–H and O–H groups in total. The molecule has 84 heavy (non-hydrogen) atoms. The van der Waals surface area contributed by atoms with E-state index in [1.807, 2.05) is 24.3 Å². The van der Waals surface area contributed by atoms with Crippen LogP contribution in [0.1, 0.15) is 223 Å². The highest BCUT2D eigenvalue weighted by Gasteiger charge is 2.41. The van der Waals surface area contributed by atoms with Gasteiger partial charge in [0, 0.05) is 119 Å². The Hall–Kier alpha value is -5.04. The van der Waals surface area contributed by atoms with Gasteiger partial charge in [0.05, 0.1) is 48.7 Å². The summed E-state index contributed by atoms with van der Waals surface area (Å²) >= 11 is 0. The van der Waals surface area contributed by atoms with Crippen LogP contribution >= 0.6 is 0 Å². The first-order chi connectivity index (χ1) is 40.1. The fraction of sp³-hybridized carbons (Fsp3) is 0.647. The normalized spacial score (nSPS) is 24.6. The van der Waals surface area contributed by atoms with Crippen molar-refractivity contribution in [2.45, 2.75) is 206 Å². The van der Waals surface area contributed by atoms with Crippen LogP contribution in [0.4, 0.5) is 0 Å². The molecule has 4 unspecified atom stereocenters. The summed E-state index contributed by atoms with van der Waals surface area (Å²) in [7, 11) is 0. The monoisotopic (exact) mass is 1160 g/mol. The van der Waals surface area contributed by atoms with Gasteiger partial charge in [-0.05, 0) is 151 Å². The third-order valence-electron chi connectivity index (χ3n) is 19.8. The number of aliphatic hydroxyl groups is 4. The molecule has 1 aliphatic carbocycles. The van der Waals surface area contributed by atoms with Gasteiger partial charge in [-0.2, -0.15) is 0 Å². The van der Waals surface area contributed by atoms with Gasteiger partial charge in [-0.3, -0.25) is 19.6 Å². The Balaban J connectivity index is 1.48. The number of aromatic hydroxyl groups is 8. The van der Waals surface area contributed by atoms with E-state index in [9.17, 15) is 61.3 Å². The number of rotatable bonds is 20. The molecular weight excluding hydrogens is 1060 g/mol. The average Bonchev–Trinajstić information content (AvgIpc) is 1.000. The minimum absolute atomic E-state index is 0.0505. The van der Waals surface area contributed by atoms with Gasteiger partial charge in [-0.25, -0.2) is 0 Å². The molecule has 4 fully saturated rings. The molecule has 464 valence electrons. The molecule has 4 atom stereocenters. The van der Waals surface area contributed by atoms with E-state index in [1.54, 1.807) is 0 Å². The summed E-state index contributed by atoms with van der Waals surface area (Å²) in [5, 5.41) is 149. The summed E-state index contributed by atoms with van der Waals surface area (Å²) < 4.78 is 0. The molecule has 4 aromatic rings. The van der Waals surface area contributed by atoms with Gasteiger partial charge in [-0.15, -0.1) is 0 Å². The van der Waals surface area contributed by atoms with Crippen molar-refractivity contribution in [3.63, 3.8) is 0 Å². The van der Waals surface area contributed by atoms with Gasteiger partial charge in [0.25, 0.3) is 0 Å². The molecule has 4 saturated heterocycles. The second-order valence-corrected chi connectivity index (χ2v) is 27.4. The maximum atomic E-state index is 13.2. The van der Waals surface area contributed by atoms with Gasteiger partial charge in [-0.1, -0.05) is 55.4 Å². The summed E-state index contributed by atoms with van der Waals surface area (Å²) in [4.78, 5) is 8.31. The highest BCUT2D eigenvalue weighted by Crippen LogP contribution is 2.57. The van der Waals surface area contributed by atoms with Crippen molar-refractivity contribution in [3.8, 4) is 46.0 Å². The first-order valence-corrected chi connectivity index (χ1v) is 31.8. The topological polar surface area (TPSA) is 256 Å². The van der Waals surface area contributed by atoms with Crippen LogP contribution in [0.3, 0.4) is 0 Å². The summed E-state index contributed by atoms with van der Waals surface area (Å²) in [6, 6.07) is 6.40. The summed E-state index contributed by atoms with van der Waals surface area (Å²) in [5.74, 6) is -4.74. The smallest absolute Gasteiger partial charge is 0.127 e. The number of benzene rings is 4. The average molecular weight is 1170 g/mol. The van der Waals surface area contributed by atoms with Crippen LogP contribution in [0.2, 0.25) is 0 Å². The summed E-state index contributed by atoms with van der Waals surface area (Å²) in [6.45, 7) is 18.8. The predicted molar refractivity (Wildman–Crippen MR) is 326 cm³/mol. The molecule has 16 heteroatoms. The molecule has 0 amide bonds. The largest absolute Gasteiger partial charge is 0.507 e. The van der Waals surface area contributed by atoms with Crippen molar-refractivity contribution in [3.05, 3.63) is 91.0 Å². The van der Waals surface area contributed by atoms with Crippen molar-refractivity contribution in [2.75, 3.05) is 52.6 Å². The van der Waals surface area contributed by atoms with Crippen LogP contribution in [-0.2, 0) is 26.2 Å². The fourth-order valence-electron chi connectivity index (χ4n) is 15.4. The van der Waals surface area contributed by atoms with Crippen LogP contribution in [-0.4, -0.2) is 158 Å². The Kier molecular flexibility index (Phi) is 20.3. The lowest BCUT2D eigenvalue weighted by molar-refractivity contribution is 0.151. The second kappa shape index (κ2) is 26.9. The quantitative estimate of drug-likeness (QED) is 0.0393. The minimum atomic E-state index is -0.793. The van der Waals surface area contributed by atoms with E-state index >= 15 is 0 Å². The van der Waals surface area contributed by atoms with Crippen LogP contribution in [0.15, 0.2) is 24.3 Å². The molecular formula is C68H100N4O12. The van der Waals surface area contributed by atoms with E-state index in [2.05, 4.69) is 75.0 Å². The first-order valence-electron chi connectivity index (χ1n) is 31.8. The maximum Gasteiger partial charge on any atom is 0.127 e. The molecule has 0 saturated carbocycles. The van der Waals surface area contributed by atoms with Crippen molar-refractivity contribution < 1.29 is 61.3 Å². The zero-order chi connectivity index (χ0) is 60.6. The van der Waals surface area contributed by atoms with Crippen LogP contribution in [0.5, 0.6) is 46.0 Å². The number of likely N-dealkylation sites (tertiary alicyclic amines) is 4. The molecule has 5 aliphatic rings. The zero-order valence-corrected chi connectivity index (χ0v) is 51.4. The third kappa shape index (κ3) is 12.7. The van der Waals surface area contributed by atoms with Crippen LogP contribution in [0.25, 0.3) is 0 Å². The van der Waals surface area contributed by atoms with Gasteiger partial charge in [0.15, 0.2) is 0 Å². The molecule has 4 aromatic carbocycles. The number of fused-ring (bicyclic) bond motifs is 8. The molecule has 0 aromatic heterocycles. The maximum absolute atomic E-state index is 13.2. The fourth-order valence-corrected chi connectivity index (χ4v) is 15.4. The minimum Gasteiger partial charge on any atom is -0.507 e. The molecule has 9 rings (SSSR count). The molecule has 0 spiro atoms. The summed E-state index contributed by atoms with van der Waals surface area (Å²) in [5.41, 5.74) is 4.29. The second-order valence-electron chi connectivity index (χ2n) is 27.4. The highest BCUT2D eigenvalue weighted by atomic mass is 16.3. The van der Waals surface area contributed by atoms with E-state index in [1.165, 1.54) is 0 Å². The number of hydrogen-bond acceptors (Lipinski definition) is 16. The Morgan fingerprint density at radius 3 is 0.619 bits per heavy atom. The standard InChI is InChI=1S/C68H100N4O12/c1-37(2)21-45-49-25-51(63(79)57(61(49)77)29-69-17-9-13-41(69)33-73)46(22-38(3)4)53-27-55(67(83)59(65(53)81)31-71-19-11-15-43(71)35-75)48(24-40(7)8)56-28-54(66(82)60(68(56)84)32-72-20-12-16-44(72)36-76)47(23-39(5)6)52-26-50(45)62(78)58(64(52)80)30-70-18-10-14-42(70)34-74/h25-28,37-48,73-84H,9-24,29-36H2,1-8H3. The Labute approximate surface area is 498 Å². The lowest BCUT2D eigenvalue weighted by Gasteiger charge is -2.34. The first kappa shape index (κ1) is 63.5. The highest BCUT2D eigenvalue weighted by molar-refractivity contribution is 5.68. The Morgan fingerprint density at radius 2 is 0.476 bits per heavy atom. The van der Waals surface area contributed by atoms with Gasteiger partial charge < -0.3 is 61.3 Å². The molecule has 8 bridgehead atoms. The number of hydrogen-bond donors (Lipinski definition) is 12. The van der Waals surface area contributed by atoms with E-state index in [0.717, 1.165) is 51.4 Å². The van der Waals surface area contributed by atoms with Crippen molar-refractivity contribution >= 4 is 0 Å². The van der Waals surface area contributed by atoms with Crippen molar-refractivity contribution in [2.24, 2.45) is 23.7 Å². The zero-order valence-electron chi connectivity index (χ0n) is 51.4. The molecule has 0 radical (unpaired) electrons. The number of aliphatic hydroxyl groups excluding tert-OH is 4. The Bertz CT molecular complexity index is 2440. The van der Waals surface area contributed by atoms with Gasteiger partial charge in [0.1, 0.15) is 46.0 Å². The molecule has 4 aliphatic heterocycles. The van der Waals surface area contributed by atoms with Gasteiger partial charge in [0.2, 0.25) is 0 Å².